The Bertz CT molecular complexity index is 632. The molecule has 3 fully saturated rings. The number of piperidine rings is 1. The lowest BCUT2D eigenvalue weighted by Gasteiger charge is -2.29. The van der Waals surface area contributed by atoms with E-state index >= 15 is 0 Å². The number of rotatable bonds is 3. The maximum atomic E-state index is 5.93. The quantitative estimate of drug-likeness (QED) is 0.864. The maximum Gasteiger partial charge on any atom is 0.318 e. The Morgan fingerprint density at radius 1 is 1.05 bits per heavy atom. The highest BCUT2D eigenvalue weighted by atomic mass is 16.5. The van der Waals surface area contributed by atoms with Crippen molar-refractivity contribution in [3.63, 3.8) is 0 Å². The summed E-state index contributed by atoms with van der Waals surface area (Å²) in [6.45, 7) is 4.41. The zero-order valence-corrected chi connectivity index (χ0v) is 12.7. The third kappa shape index (κ3) is 2.43. The molecule has 1 aromatic carbocycles. The van der Waals surface area contributed by atoms with E-state index in [4.69, 9.17) is 9.15 Å². The highest BCUT2D eigenvalue weighted by Crippen LogP contribution is 2.28. The van der Waals surface area contributed by atoms with Gasteiger partial charge >= 0.3 is 6.01 Å². The molecule has 2 aromatic rings. The van der Waals surface area contributed by atoms with Crippen LogP contribution in [0.15, 0.2) is 28.7 Å². The Morgan fingerprint density at radius 2 is 1.82 bits per heavy atom. The van der Waals surface area contributed by atoms with Crippen LogP contribution in [0, 0.1) is 0 Å². The SMILES string of the molecule is COc1ccc(-c2nnc(N3CCN4CCC3CC4)o2)cc1. The molecule has 0 unspecified atom stereocenters. The molecule has 0 radical (unpaired) electrons. The third-order valence-electron chi connectivity index (χ3n) is 4.65. The van der Waals surface area contributed by atoms with Crippen LogP contribution in [0.5, 0.6) is 5.75 Å². The molecule has 6 nitrogen and oxygen atoms in total. The van der Waals surface area contributed by atoms with Crippen molar-refractivity contribution in [1.29, 1.82) is 0 Å². The largest absolute Gasteiger partial charge is 0.497 e. The Morgan fingerprint density at radius 3 is 2.55 bits per heavy atom. The Hall–Kier alpha value is -2.08. The van der Waals surface area contributed by atoms with Gasteiger partial charge in [-0.3, -0.25) is 0 Å². The van der Waals surface area contributed by atoms with E-state index in [1.165, 1.54) is 25.9 Å². The Balaban J connectivity index is 1.57. The van der Waals surface area contributed by atoms with E-state index in [0.29, 0.717) is 17.9 Å². The van der Waals surface area contributed by atoms with Gasteiger partial charge in [-0.25, -0.2) is 0 Å². The van der Waals surface area contributed by atoms with E-state index < -0.39 is 0 Å². The summed E-state index contributed by atoms with van der Waals surface area (Å²) in [7, 11) is 1.66. The predicted octanol–water partition coefficient (Wildman–Crippen LogP) is 2.03. The van der Waals surface area contributed by atoms with Gasteiger partial charge in [0.25, 0.3) is 0 Å². The van der Waals surface area contributed by atoms with Crippen molar-refractivity contribution in [3.8, 4) is 17.2 Å². The first-order chi connectivity index (χ1) is 10.8. The summed E-state index contributed by atoms with van der Waals surface area (Å²) in [6, 6.07) is 8.87. The van der Waals surface area contributed by atoms with Crippen LogP contribution >= 0.6 is 0 Å². The summed E-state index contributed by atoms with van der Waals surface area (Å²) in [5.41, 5.74) is 0.919. The zero-order chi connectivity index (χ0) is 14.9. The van der Waals surface area contributed by atoms with Gasteiger partial charge < -0.3 is 19.0 Å². The van der Waals surface area contributed by atoms with Crippen LogP contribution in [-0.2, 0) is 0 Å². The van der Waals surface area contributed by atoms with Gasteiger partial charge in [-0.05, 0) is 37.1 Å². The minimum Gasteiger partial charge on any atom is -0.497 e. The van der Waals surface area contributed by atoms with Crippen molar-refractivity contribution in [2.75, 3.05) is 38.2 Å². The molecule has 116 valence electrons. The lowest BCUT2D eigenvalue weighted by atomic mass is 10.1. The van der Waals surface area contributed by atoms with E-state index in [-0.39, 0.29) is 0 Å². The number of anilines is 1. The summed E-state index contributed by atoms with van der Waals surface area (Å²) in [5, 5.41) is 8.49. The van der Waals surface area contributed by atoms with E-state index in [0.717, 1.165) is 24.4 Å². The molecule has 0 N–H and O–H groups in total. The molecule has 3 saturated heterocycles. The van der Waals surface area contributed by atoms with Crippen molar-refractivity contribution < 1.29 is 9.15 Å². The van der Waals surface area contributed by atoms with Gasteiger partial charge in [-0.2, -0.15) is 0 Å². The minimum absolute atomic E-state index is 0.530. The summed E-state index contributed by atoms with van der Waals surface area (Å²) in [5.74, 6) is 1.39. The fraction of sp³-hybridized carbons (Fsp3) is 0.500. The van der Waals surface area contributed by atoms with Crippen LogP contribution in [0.4, 0.5) is 6.01 Å². The van der Waals surface area contributed by atoms with Gasteiger partial charge in [0.2, 0.25) is 5.89 Å². The van der Waals surface area contributed by atoms with Gasteiger partial charge in [0.15, 0.2) is 0 Å². The van der Waals surface area contributed by atoms with Gasteiger partial charge in [-0.1, -0.05) is 5.10 Å². The molecule has 6 heteroatoms. The van der Waals surface area contributed by atoms with Gasteiger partial charge in [-0.15, -0.1) is 5.10 Å². The number of hydrogen-bond donors (Lipinski definition) is 0. The van der Waals surface area contributed by atoms with Crippen LogP contribution < -0.4 is 9.64 Å². The number of hydrogen-bond acceptors (Lipinski definition) is 6. The smallest absolute Gasteiger partial charge is 0.318 e. The van der Waals surface area contributed by atoms with Gasteiger partial charge in [0, 0.05) is 37.8 Å². The maximum absolute atomic E-state index is 5.93. The summed E-state index contributed by atoms with van der Waals surface area (Å²) < 4.78 is 11.1. The molecule has 0 spiro atoms. The van der Waals surface area contributed by atoms with Crippen molar-refractivity contribution in [3.05, 3.63) is 24.3 Å². The summed E-state index contributed by atoms with van der Waals surface area (Å²) in [4.78, 5) is 4.80. The van der Waals surface area contributed by atoms with Crippen molar-refractivity contribution >= 4 is 6.01 Å². The van der Waals surface area contributed by atoms with Gasteiger partial charge in [0.05, 0.1) is 7.11 Å². The molecule has 5 rings (SSSR count). The molecule has 0 saturated carbocycles. The van der Waals surface area contributed by atoms with E-state index in [2.05, 4.69) is 20.0 Å². The molecule has 0 aliphatic carbocycles. The van der Waals surface area contributed by atoms with Crippen LogP contribution in [0.2, 0.25) is 0 Å². The number of methoxy groups -OCH3 is 1. The molecule has 4 heterocycles. The van der Waals surface area contributed by atoms with Crippen LogP contribution in [0.1, 0.15) is 12.8 Å². The second-order valence-corrected chi connectivity index (χ2v) is 5.88. The highest BCUT2D eigenvalue weighted by molar-refractivity contribution is 5.55. The number of ether oxygens (including phenoxy) is 1. The predicted molar refractivity (Wildman–Crippen MR) is 83.1 cm³/mol. The zero-order valence-electron chi connectivity index (χ0n) is 12.7. The van der Waals surface area contributed by atoms with E-state index in [1.54, 1.807) is 7.11 Å². The standard InChI is InChI=1S/C16H20N4O2/c1-21-14-4-2-12(3-5-14)15-17-18-16(22-15)20-11-10-19-8-6-13(20)7-9-19/h2-5,13H,6-11H2,1H3. The third-order valence-corrected chi connectivity index (χ3v) is 4.65. The fourth-order valence-electron chi connectivity index (χ4n) is 3.32. The van der Waals surface area contributed by atoms with E-state index in [9.17, 15) is 0 Å². The van der Waals surface area contributed by atoms with Crippen LogP contribution in [0.3, 0.4) is 0 Å². The molecule has 3 aliphatic heterocycles. The number of nitrogens with zero attached hydrogens (tertiary/aromatic N) is 4. The molecule has 0 amide bonds. The second-order valence-electron chi connectivity index (χ2n) is 5.88. The first-order valence-corrected chi connectivity index (χ1v) is 7.80. The Kier molecular flexibility index (Phi) is 3.46. The van der Waals surface area contributed by atoms with Crippen LogP contribution in [0.25, 0.3) is 11.5 Å². The lowest BCUT2D eigenvalue weighted by Crippen LogP contribution is -2.38. The molecular formula is C16H20N4O2. The van der Waals surface area contributed by atoms with Gasteiger partial charge in [0.1, 0.15) is 5.75 Å². The summed E-state index contributed by atoms with van der Waals surface area (Å²) >= 11 is 0. The number of benzene rings is 1. The van der Waals surface area contributed by atoms with Crippen LogP contribution in [-0.4, -0.2) is 54.4 Å². The van der Waals surface area contributed by atoms with Crippen molar-refractivity contribution in [2.24, 2.45) is 0 Å². The second kappa shape index (κ2) is 5.61. The molecule has 1 aromatic heterocycles. The summed E-state index contributed by atoms with van der Waals surface area (Å²) in [6.07, 6.45) is 2.36. The first-order valence-electron chi connectivity index (χ1n) is 7.80. The molecule has 0 atom stereocenters. The minimum atomic E-state index is 0.530. The highest BCUT2D eigenvalue weighted by Gasteiger charge is 2.31. The average Bonchev–Trinajstić information content (AvgIpc) is 2.87. The normalized spacial score (nSPS) is 24.3. The first kappa shape index (κ1) is 13.6. The van der Waals surface area contributed by atoms with Crippen molar-refractivity contribution in [2.45, 2.75) is 18.9 Å². The van der Waals surface area contributed by atoms with Crippen molar-refractivity contribution in [1.82, 2.24) is 15.1 Å². The topological polar surface area (TPSA) is 54.6 Å². The number of fused-ring (bicyclic) bond motifs is 4. The monoisotopic (exact) mass is 300 g/mol. The van der Waals surface area contributed by atoms with E-state index in [1.807, 2.05) is 24.3 Å². The fourth-order valence-corrected chi connectivity index (χ4v) is 3.32. The molecule has 22 heavy (non-hydrogen) atoms. The molecule has 3 aliphatic rings. The molecular weight excluding hydrogens is 280 g/mol. The number of aromatic nitrogens is 2. The lowest BCUT2D eigenvalue weighted by molar-refractivity contribution is 0.249. The average molecular weight is 300 g/mol. The Labute approximate surface area is 129 Å². The molecule has 2 bridgehead atoms.